The van der Waals surface area contributed by atoms with Crippen LogP contribution in [0.15, 0.2) is 83.9 Å². The van der Waals surface area contributed by atoms with Crippen molar-refractivity contribution in [1.29, 1.82) is 0 Å². The largest absolute Gasteiger partial charge is 0.256 e. The van der Waals surface area contributed by atoms with Crippen LogP contribution in [-0.4, -0.2) is 6.21 Å². The molecular formula is C27H31N. The highest BCUT2D eigenvalue weighted by molar-refractivity contribution is 5.82. The average molecular weight is 370 g/mol. The fraction of sp³-hybridized carbons (Fsp3) is 0.296. The van der Waals surface area contributed by atoms with Gasteiger partial charge in [0.15, 0.2) is 0 Å². The number of aryl methyl sites for hydroxylation is 1. The fourth-order valence-electron chi connectivity index (χ4n) is 3.40. The van der Waals surface area contributed by atoms with Crippen LogP contribution in [0.3, 0.4) is 0 Å². The van der Waals surface area contributed by atoms with Crippen molar-refractivity contribution >= 4 is 11.9 Å². The summed E-state index contributed by atoms with van der Waals surface area (Å²) in [4.78, 5) is 4.62. The molecule has 0 aliphatic heterocycles. The van der Waals surface area contributed by atoms with Gasteiger partial charge in [-0.25, -0.2) is 0 Å². The van der Waals surface area contributed by atoms with Crippen molar-refractivity contribution in [2.45, 2.75) is 51.9 Å². The van der Waals surface area contributed by atoms with Crippen LogP contribution in [0.25, 0.3) is 11.1 Å². The summed E-state index contributed by atoms with van der Waals surface area (Å²) in [7, 11) is 0. The van der Waals surface area contributed by atoms with Crippen LogP contribution in [0.2, 0.25) is 0 Å². The van der Waals surface area contributed by atoms with Gasteiger partial charge in [-0.2, -0.15) is 0 Å². The molecule has 144 valence electrons. The van der Waals surface area contributed by atoms with Gasteiger partial charge in [-0.1, -0.05) is 106 Å². The molecular weight excluding hydrogens is 338 g/mol. The zero-order valence-electron chi connectivity index (χ0n) is 17.0. The molecule has 0 heterocycles. The van der Waals surface area contributed by atoms with Crippen LogP contribution in [0.5, 0.6) is 0 Å². The Labute approximate surface area is 170 Å². The van der Waals surface area contributed by atoms with E-state index in [0.717, 1.165) is 11.3 Å². The minimum Gasteiger partial charge on any atom is -0.256 e. The topological polar surface area (TPSA) is 12.4 Å². The lowest BCUT2D eigenvalue weighted by Crippen LogP contribution is -1.88. The Morgan fingerprint density at radius 1 is 0.643 bits per heavy atom. The number of hydrogen-bond donors (Lipinski definition) is 0. The van der Waals surface area contributed by atoms with Gasteiger partial charge in [-0.3, -0.25) is 4.99 Å². The average Bonchev–Trinajstić information content (AvgIpc) is 2.76. The molecule has 0 saturated heterocycles. The second kappa shape index (κ2) is 11.2. The molecule has 0 bridgehead atoms. The molecule has 3 rings (SSSR count). The summed E-state index contributed by atoms with van der Waals surface area (Å²) in [5.41, 5.74) is 6.02. The van der Waals surface area contributed by atoms with Gasteiger partial charge in [-0.15, -0.1) is 0 Å². The minimum absolute atomic E-state index is 0.982. The number of unbranched alkanes of at least 4 members (excludes halogenated alkanes) is 5. The van der Waals surface area contributed by atoms with Crippen LogP contribution in [0.1, 0.15) is 56.6 Å². The molecule has 0 N–H and O–H groups in total. The molecule has 0 radical (unpaired) electrons. The van der Waals surface area contributed by atoms with Crippen LogP contribution >= 0.6 is 0 Å². The van der Waals surface area contributed by atoms with Crippen molar-refractivity contribution in [2.24, 2.45) is 4.99 Å². The number of benzene rings is 3. The third-order valence-electron chi connectivity index (χ3n) is 5.14. The Morgan fingerprint density at radius 2 is 1.29 bits per heavy atom. The van der Waals surface area contributed by atoms with Gasteiger partial charge in [-0.05, 0) is 47.2 Å². The van der Waals surface area contributed by atoms with Crippen LogP contribution < -0.4 is 0 Å². The van der Waals surface area contributed by atoms with Crippen molar-refractivity contribution in [1.82, 2.24) is 0 Å². The van der Waals surface area contributed by atoms with Crippen molar-refractivity contribution in [3.05, 3.63) is 90.0 Å². The first kappa shape index (κ1) is 20.1. The molecule has 1 nitrogen and oxygen atoms in total. The Bertz CT molecular complexity index is 830. The van der Waals surface area contributed by atoms with Crippen LogP contribution in [-0.2, 0) is 6.42 Å². The first-order valence-corrected chi connectivity index (χ1v) is 10.6. The second-order valence-electron chi connectivity index (χ2n) is 7.43. The fourth-order valence-corrected chi connectivity index (χ4v) is 3.40. The summed E-state index contributed by atoms with van der Waals surface area (Å²) < 4.78 is 0. The smallest absolute Gasteiger partial charge is 0.0630 e. The molecule has 0 aliphatic rings. The Balaban J connectivity index is 1.49. The van der Waals surface area contributed by atoms with E-state index in [1.807, 2.05) is 12.3 Å². The van der Waals surface area contributed by atoms with E-state index in [1.165, 1.54) is 61.6 Å². The monoisotopic (exact) mass is 369 g/mol. The second-order valence-corrected chi connectivity index (χ2v) is 7.43. The number of aliphatic imine (C=N–C) groups is 1. The summed E-state index contributed by atoms with van der Waals surface area (Å²) in [6, 6.07) is 27.7. The first-order valence-electron chi connectivity index (χ1n) is 10.6. The summed E-state index contributed by atoms with van der Waals surface area (Å²) in [6.07, 6.45) is 11.2. The molecule has 3 aromatic carbocycles. The molecule has 3 aromatic rings. The zero-order valence-corrected chi connectivity index (χ0v) is 17.0. The lowest BCUT2D eigenvalue weighted by Gasteiger charge is -2.03. The lowest BCUT2D eigenvalue weighted by atomic mass is 10.0. The van der Waals surface area contributed by atoms with Crippen molar-refractivity contribution in [3.8, 4) is 11.1 Å². The summed E-state index contributed by atoms with van der Waals surface area (Å²) in [5.74, 6) is 0. The van der Waals surface area contributed by atoms with E-state index in [-0.39, 0.29) is 0 Å². The van der Waals surface area contributed by atoms with E-state index in [4.69, 9.17) is 0 Å². The molecule has 0 aromatic heterocycles. The lowest BCUT2D eigenvalue weighted by molar-refractivity contribution is 0.607. The van der Waals surface area contributed by atoms with E-state index in [0.29, 0.717) is 0 Å². The highest BCUT2D eigenvalue weighted by atomic mass is 14.7. The third kappa shape index (κ3) is 6.49. The van der Waals surface area contributed by atoms with Gasteiger partial charge >= 0.3 is 0 Å². The Hall–Kier alpha value is -2.67. The van der Waals surface area contributed by atoms with Crippen molar-refractivity contribution < 1.29 is 0 Å². The molecule has 1 heteroatoms. The van der Waals surface area contributed by atoms with E-state index < -0.39 is 0 Å². The predicted molar refractivity (Wildman–Crippen MR) is 123 cm³/mol. The minimum atomic E-state index is 0.982. The number of nitrogens with zero attached hydrogens (tertiary/aromatic N) is 1. The molecule has 0 unspecified atom stereocenters. The van der Waals surface area contributed by atoms with Gasteiger partial charge in [0.1, 0.15) is 0 Å². The third-order valence-corrected chi connectivity index (χ3v) is 5.14. The Kier molecular flexibility index (Phi) is 8.06. The number of rotatable bonds is 10. The molecule has 0 spiro atoms. The van der Waals surface area contributed by atoms with Gasteiger partial charge in [0.25, 0.3) is 0 Å². The van der Waals surface area contributed by atoms with E-state index in [2.05, 4.69) is 84.7 Å². The van der Waals surface area contributed by atoms with E-state index >= 15 is 0 Å². The first-order chi connectivity index (χ1) is 13.8. The maximum Gasteiger partial charge on any atom is 0.0630 e. The van der Waals surface area contributed by atoms with Crippen molar-refractivity contribution in [3.63, 3.8) is 0 Å². The maximum absolute atomic E-state index is 4.62. The summed E-state index contributed by atoms with van der Waals surface area (Å²) >= 11 is 0. The number of hydrogen-bond acceptors (Lipinski definition) is 1. The predicted octanol–water partition coefficient (Wildman–Crippen LogP) is 8.01. The van der Waals surface area contributed by atoms with Gasteiger partial charge in [0, 0.05) is 6.21 Å². The van der Waals surface area contributed by atoms with Crippen LogP contribution in [0.4, 0.5) is 5.69 Å². The molecule has 28 heavy (non-hydrogen) atoms. The van der Waals surface area contributed by atoms with Gasteiger partial charge in [0.05, 0.1) is 5.69 Å². The molecule has 0 aliphatic carbocycles. The quantitative estimate of drug-likeness (QED) is 0.253. The Morgan fingerprint density at radius 3 is 2.00 bits per heavy atom. The van der Waals surface area contributed by atoms with Crippen molar-refractivity contribution in [2.75, 3.05) is 0 Å². The normalized spacial score (nSPS) is 11.2. The summed E-state index contributed by atoms with van der Waals surface area (Å²) in [5, 5.41) is 0. The molecule has 0 amide bonds. The maximum atomic E-state index is 4.62. The molecule has 0 saturated carbocycles. The van der Waals surface area contributed by atoms with Crippen LogP contribution in [0, 0.1) is 0 Å². The highest BCUT2D eigenvalue weighted by Gasteiger charge is 1.97. The standard InChI is InChI=1S/C27H31N/c1-2-3-4-5-6-8-11-23-14-16-24(17-15-23)22-28-27-20-18-26(19-21-27)25-12-9-7-10-13-25/h7,9-10,12-22H,2-6,8,11H2,1H3. The SMILES string of the molecule is CCCCCCCCc1ccc(C=Nc2ccc(-c3ccccc3)cc2)cc1. The zero-order chi connectivity index (χ0) is 19.4. The summed E-state index contributed by atoms with van der Waals surface area (Å²) in [6.45, 7) is 2.27. The van der Waals surface area contributed by atoms with Gasteiger partial charge in [0.2, 0.25) is 0 Å². The van der Waals surface area contributed by atoms with Gasteiger partial charge < -0.3 is 0 Å². The molecule has 0 fully saturated rings. The highest BCUT2D eigenvalue weighted by Crippen LogP contribution is 2.22. The van der Waals surface area contributed by atoms with E-state index in [1.54, 1.807) is 0 Å². The van der Waals surface area contributed by atoms with E-state index in [9.17, 15) is 0 Å². The molecule has 0 atom stereocenters.